The molecule has 0 saturated carbocycles. The largest absolute Gasteiger partial charge is 1.00 e. The molecule has 0 unspecified atom stereocenters. The van der Waals surface area contributed by atoms with Crippen molar-refractivity contribution in [2.24, 2.45) is 0 Å². The lowest BCUT2D eigenvalue weighted by Crippen LogP contribution is -3.00. The van der Waals surface area contributed by atoms with Crippen molar-refractivity contribution in [3.63, 3.8) is 0 Å². The third kappa shape index (κ3) is 5.36. The van der Waals surface area contributed by atoms with E-state index >= 15 is 0 Å². The van der Waals surface area contributed by atoms with Gasteiger partial charge in [-0.1, -0.05) is 91.0 Å². The van der Waals surface area contributed by atoms with Crippen molar-refractivity contribution in [1.29, 1.82) is 0 Å². The summed E-state index contributed by atoms with van der Waals surface area (Å²) in [6.07, 6.45) is 3.25. The summed E-state index contributed by atoms with van der Waals surface area (Å²) in [6.45, 7) is 4.57. The average Bonchev–Trinajstić information content (AvgIpc) is 3.26. The van der Waals surface area contributed by atoms with E-state index in [9.17, 15) is 0 Å². The summed E-state index contributed by atoms with van der Waals surface area (Å²) >= 11 is 0. The van der Waals surface area contributed by atoms with Crippen molar-refractivity contribution in [2.45, 2.75) is 33.0 Å². The quantitative estimate of drug-likeness (QED) is 0.253. The molecule has 0 N–H and O–H groups in total. The van der Waals surface area contributed by atoms with E-state index in [-0.39, 0.29) is 17.0 Å². The van der Waals surface area contributed by atoms with Crippen LogP contribution in [0.1, 0.15) is 22.4 Å². The molecule has 0 aliphatic rings. The van der Waals surface area contributed by atoms with Crippen molar-refractivity contribution in [3.8, 4) is 5.75 Å². The van der Waals surface area contributed by atoms with Gasteiger partial charge >= 0.3 is 0 Å². The van der Waals surface area contributed by atoms with Crippen molar-refractivity contribution in [1.82, 2.24) is 4.57 Å². The van der Waals surface area contributed by atoms with E-state index in [2.05, 4.69) is 131 Å². The van der Waals surface area contributed by atoms with E-state index in [0.29, 0.717) is 6.61 Å². The molecular formula is C34H31BrN2O. The first-order chi connectivity index (χ1) is 18.3. The number of hydrogen-bond donors (Lipinski definition) is 0. The molecule has 4 heteroatoms. The SMILES string of the molecule is Cc1c2c(cc[n+]1CCc1ccccc1)c1ccc(OCc3ccccc3)cc1n2Cc1ccccc1.[Br-]. The number of hydrogen-bond acceptors (Lipinski definition) is 1. The summed E-state index contributed by atoms with van der Waals surface area (Å²) in [5, 5.41) is 2.55. The minimum Gasteiger partial charge on any atom is -1.00 e. The predicted octanol–water partition coefficient (Wildman–Crippen LogP) is 4.26. The van der Waals surface area contributed by atoms with E-state index in [1.165, 1.54) is 44.2 Å². The monoisotopic (exact) mass is 562 g/mol. The summed E-state index contributed by atoms with van der Waals surface area (Å²) in [4.78, 5) is 0. The summed E-state index contributed by atoms with van der Waals surface area (Å²) in [5.41, 5.74) is 7.59. The average molecular weight is 564 g/mol. The Morgan fingerprint density at radius 3 is 2.00 bits per heavy atom. The van der Waals surface area contributed by atoms with Gasteiger partial charge in [-0.2, -0.15) is 0 Å². The van der Waals surface area contributed by atoms with Gasteiger partial charge < -0.3 is 26.3 Å². The van der Waals surface area contributed by atoms with Gasteiger partial charge in [-0.05, 0) is 28.8 Å². The third-order valence-electron chi connectivity index (χ3n) is 7.19. The smallest absolute Gasteiger partial charge is 0.202 e. The van der Waals surface area contributed by atoms with Crippen LogP contribution in [0.5, 0.6) is 5.75 Å². The molecule has 0 spiro atoms. The summed E-state index contributed by atoms with van der Waals surface area (Å²) in [5.74, 6) is 0.892. The molecule has 6 rings (SSSR count). The first-order valence-corrected chi connectivity index (χ1v) is 13.0. The molecule has 0 atom stereocenters. The molecule has 190 valence electrons. The molecular weight excluding hydrogens is 532 g/mol. The molecule has 0 aliphatic carbocycles. The van der Waals surface area contributed by atoms with E-state index in [0.717, 1.165) is 25.3 Å². The highest BCUT2D eigenvalue weighted by Gasteiger charge is 2.20. The Morgan fingerprint density at radius 2 is 1.32 bits per heavy atom. The zero-order chi connectivity index (χ0) is 25.0. The highest BCUT2D eigenvalue weighted by molar-refractivity contribution is 6.08. The van der Waals surface area contributed by atoms with Crippen LogP contribution in [-0.2, 0) is 26.1 Å². The normalized spacial score (nSPS) is 11.0. The fourth-order valence-corrected chi connectivity index (χ4v) is 5.22. The molecule has 0 aliphatic heterocycles. The van der Waals surface area contributed by atoms with Crippen LogP contribution in [0.3, 0.4) is 0 Å². The number of benzene rings is 4. The Morgan fingerprint density at radius 1 is 0.684 bits per heavy atom. The van der Waals surface area contributed by atoms with E-state index in [4.69, 9.17) is 4.74 Å². The number of rotatable bonds is 8. The molecule has 4 aromatic carbocycles. The number of fused-ring (bicyclic) bond motifs is 3. The molecule has 6 aromatic rings. The number of pyridine rings is 1. The second kappa shape index (κ2) is 11.7. The lowest BCUT2D eigenvalue weighted by Gasteiger charge is -2.11. The van der Waals surface area contributed by atoms with Gasteiger partial charge in [0, 0.05) is 42.8 Å². The van der Waals surface area contributed by atoms with Crippen LogP contribution < -0.4 is 26.3 Å². The minimum absolute atomic E-state index is 0. The standard InChI is InChI=1S/C34H31N2O.BrH/c1-26-34-32(20-22-35(26)21-19-27-11-5-2-6-12-27)31-18-17-30(37-25-29-15-9-4-10-16-29)23-33(31)36(34)24-28-13-7-3-8-14-28;/h2-18,20,22-23H,19,21,24-25H2,1H3;1H/q+1;/p-1. The third-order valence-corrected chi connectivity index (χ3v) is 7.19. The number of halogens is 1. The summed E-state index contributed by atoms with van der Waals surface area (Å²) < 4.78 is 11.1. The highest BCUT2D eigenvalue weighted by atomic mass is 79.9. The van der Waals surface area contributed by atoms with Gasteiger partial charge in [0.1, 0.15) is 17.9 Å². The Bertz CT molecular complexity index is 1640. The molecule has 0 bridgehead atoms. The van der Waals surface area contributed by atoms with Crippen molar-refractivity contribution in [3.05, 3.63) is 144 Å². The van der Waals surface area contributed by atoms with Gasteiger partial charge in [0.25, 0.3) is 0 Å². The number of nitrogens with zero attached hydrogens (tertiary/aromatic N) is 2. The molecule has 3 nitrogen and oxygen atoms in total. The van der Waals surface area contributed by atoms with E-state index in [1.807, 2.05) is 6.07 Å². The van der Waals surface area contributed by atoms with Crippen LogP contribution in [0.15, 0.2) is 121 Å². The Balaban J connectivity index is 0.00000294. The van der Waals surface area contributed by atoms with Crippen molar-refractivity contribution >= 4 is 21.8 Å². The highest BCUT2D eigenvalue weighted by Crippen LogP contribution is 2.33. The second-order valence-electron chi connectivity index (χ2n) is 9.62. The first kappa shape index (κ1) is 25.7. The molecule has 2 heterocycles. The van der Waals surface area contributed by atoms with Gasteiger partial charge in [0.15, 0.2) is 12.7 Å². The van der Waals surface area contributed by atoms with Crippen LogP contribution in [0, 0.1) is 6.92 Å². The van der Waals surface area contributed by atoms with Gasteiger partial charge in [-0.25, -0.2) is 4.57 Å². The predicted molar refractivity (Wildman–Crippen MR) is 151 cm³/mol. The lowest BCUT2D eigenvalue weighted by atomic mass is 10.1. The van der Waals surface area contributed by atoms with Crippen LogP contribution in [0.2, 0.25) is 0 Å². The van der Waals surface area contributed by atoms with Gasteiger partial charge in [0.2, 0.25) is 5.69 Å². The maximum atomic E-state index is 6.22. The van der Waals surface area contributed by atoms with Gasteiger partial charge in [0.05, 0.1) is 5.52 Å². The number of ether oxygens (including phenoxy) is 1. The topological polar surface area (TPSA) is 18.0 Å². The fourth-order valence-electron chi connectivity index (χ4n) is 5.22. The minimum atomic E-state index is 0. The molecule has 0 saturated heterocycles. The van der Waals surface area contributed by atoms with Gasteiger partial charge in [-0.15, -0.1) is 0 Å². The zero-order valence-electron chi connectivity index (χ0n) is 21.6. The Labute approximate surface area is 234 Å². The lowest BCUT2D eigenvalue weighted by molar-refractivity contribution is -0.701. The molecule has 0 fully saturated rings. The van der Waals surface area contributed by atoms with Crippen molar-refractivity contribution in [2.75, 3.05) is 0 Å². The van der Waals surface area contributed by atoms with Crippen LogP contribution in [0.4, 0.5) is 0 Å². The van der Waals surface area contributed by atoms with Gasteiger partial charge in [-0.3, -0.25) is 0 Å². The van der Waals surface area contributed by atoms with Crippen molar-refractivity contribution < 1.29 is 26.3 Å². The number of aryl methyl sites for hydroxylation is 3. The molecule has 2 aromatic heterocycles. The molecule has 0 amide bonds. The molecule has 38 heavy (non-hydrogen) atoms. The van der Waals surface area contributed by atoms with Crippen LogP contribution in [0.25, 0.3) is 21.8 Å². The first-order valence-electron chi connectivity index (χ1n) is 13.0. The van der Waals surface area contributed by atoms with Crippen LogP contribution in [-0.4, -0.2) is 4.57 Å². The Hall–Kier alpha value is -3.89. The summed E-state index contributed by atoms with van der Waals surface area (Å²) in [6, 6.07) is 40.6. The van der Waals surface area contributed by atoms with E-state index < -0.39 is 0 Å². The maximum absolute atomic E-state index is 6.22. The zero-order valence-corrected chi connectivity index (χ0v) is 23.1. The second-order valence-corrected chi connectivity index (χ2v) is 9.62. The Kier molecular flexibility index (Phi) is 7.90. The van der Waals surface area contributed by atoms with Crippen LogP contribution >= 0.6 is 0 Å². The van der Waals surface area contributed by atoms with E-state index in [1.54, 1.807) is 0 Å². The number of aromatic nitrogens is 2. The summed E-state index contributed by atoms with van der Waals surface area (Å²) in [7, 11) is 0. The molecule has 0 radical (unpaired) electrons. The maximum Gasteiger partial charge on any atom is 0.202 e. The fraction of sp³-hybridized carbons (Fsp3) is 0.147.